The zero-order valence-corrected chi connectivity index (χ0v) is 22.7. The quantitative estimate of drug-likeness (QED) is 0.198. The number of pyridine rings is 2. The maximum Gasteiger partial charge on any atom is 0.490 e. The zero-order chi connectivity index (χ0) is 29.7. The molecule has 6 aromatic rings. The Morgan fingerprint density at radius 2 is 1.55 bits per heavy atom. The second-order valence-corrected chi connectivity index (χ2v) is 10.3. The highest BCUT2D eigenvalue weighted by molar-refractivity contribution is 7.18. The molecule has 212 valence electrons. The Bertz CT molecular complexity index is 1870. The molecule has 42 heavy (non-hydrogen) atoms. The van der Waals surface area contributed by atoms with Gasteiger partial charge >= 0.3 is 12.1 Å². The van der Waals surface area contributed by atoms with Crippen molar-refractivity contribution in [2.45, 2.75) is 19.3 Å². The topological polar surface area (TPSA) is 108 Å². The molecule has 0 aliphatic carbocycles. The molecular weight excluding hydrogens is 565 g/mol. The van der Waals surface area contributed by atoms with Gasteiger partial charge in [0.1, 0.15) is 5.01 Å². The normalized spacial score (nSPS) is 11.3. The number of hydrogen-bond donors (Lipinski definition) is 3. The summed E-state index contributed by atoms with van der Waals surface area (Å²) in [5, 5.41) is 12.3. The minimum absolute atomic E-state index is 0.131. The third kappa shape index (κ3) is 6.70. The van der Waals surface area contributed by atoms with Gasteiger partial charge in [0.15, 0.2) is 0 Å². The lowest BCUT2D eigenvalue weighted by molar-refractivity contribution is -0.192. The number of alkyl halides is 3. The van der Waals surface area contributed by atoms with Crippen molar-refractivity contribution >= 4 is 38.4 Å². The highest BCUT2D eigenvalue weighted by Gasteiger charge is 2.38. The first-order valence-corrected chi connectivity index (χ1v) is 13.5. The molecule has 0 saturated carbocycles. The molecule has 3 N–H and O–H groups in total. The average molecular weight is 589 g/mol. The summed E-state index contributed by atoms with van der Waals surface area (Å²) in [5.41, 5.74) is 6.65. The summed E-state index contributed by atoms with van der Waals surface area (Å²) < 4.78 is 33.0. The van der Waals surface area contributed by atoms with Gasteiger partial charge in [0.05, 0.1) is 26.8 Å². The molecule has 0 saturated heterocycles. The van der Waals surface area contributed by atoms with Crippen molar-refractivity contribution in [2.75, 3.05) is 0 Å². The Morgan fingerprint density at radius 1 is 0.857 bits per heavy atom. The second-order valence-electron chi connectivity index (χ2n) is 9.17. The molecule has 0 atom stereocenters. The van der Waals surface area contributed by atoms with E-state index in [1.165, 1.54) is 10.3 Å². The molecule has 0 aliphatic rings. The lowest BCUT2D eigenvalue weighted by Crippen LogP contribution is -2.21. The van der Waals surface area contributed by atoms with Gasteiger partial charge in [-0.3, -0.25) is 4.79 Å². The number of aliphatic carboxylic acids is 1. The summed E-state index contributed by atoms with van der Waals surface area (Å²) in [5.74, 6) is -2.76. The largest absolute Gasteiger partial charge is 0.490 e. The number of carbonyl (C=O) groups is 1. The number of carboxylic acids is 1. The zero-order valence-electron chi connectivity index (χ0n) is 21.9. The Balaban J connectivity index is 0.000000451. The summed E-state index contributed by atoms with van der Waals surface area (Å²) in [7, 11) is 0. The Kier molecular flexibility index (Phi) is 8.41. The van der Waals surface area contributed by atoms with E-state index >= 15 is 0 Å². The number of fused-ring (bicyclic) bond motifs is 2. The van der Waals surface area contributed by atoms with Crippen molar-refractivity contribution in [3.63, 3.8) is 0 Å². The molecular formula is C31H23F3N4O3S. The number of thiazole rings is 1. The van der Waals surface area contributed by atoms with Gasteiger partial charge in [0, 0.05) is 30.4 Å². The van der Waals surface area contributed by atoms with Gasteiger partial charge in [-0.25, -0.2) is 14.8 Å². The van der Waals surface area contributed by atoms with E-state index in [0.29, 0.717) is 10.9 Å². The molecule has 0 unspecified atom stereocenters. The fraction of sp³-hybridized carbons (Fsp3) is 0.0968. The first-order valence-electron chi connectivity index (χ1n) is 12.7. The van der Waals surface area contributed by atoms with Crippen LogP contribution in [0, 0.1) is 0 Å². The van der Waals surface area contributed by atoms with E-state index in [9.17, 15) is 18.0 Å². The van der Waals surface area contributed by atoms with Crippen LogP contribution in [-0.2, 0) is 17.9 Å². The summed E-state index contributed by atoms with van der Waals surface area (Å²) in [4.78, 5) is 33.6. The molecule has 0 bridgehead atoms. The van der Waals surface area contributed by atoms with Gasteiger partial charge in [-0.05, 0) is 35.4 Å². The number of aromatic amines is 1. The number of H-pyrrole nitrogens is 1. The Hall–Kier alpha value is -4.87. The van der Waals surface area contributed by atoms with Crippen LogP contribution in [0.4, 0.5) is 13.2 Å². The lowest BCUT2D eigenvalue weighted by Gasteiger charge is -2.12. The van der Waals surface area contributed by atoms with Gasteiger partial charge in [-0.2, -0.15) is 13.2 Å². The number of para-hydroxylation sites is 1. The molecule has 0 spiro atoms. The SMILES string of the molecule is O=C(O)C(F)(F)F.O=c1[nH]ccc2nc(-c3ccc(CNCc4nc5ccccc5s4)cc3)c(-c3ccccc3)cc12. The molecule has 6 rings (SSSR count). The van der Waals surface area contributed by atoms with Crippen molar-refractivity contribution < 1.29 is 23.1 Å². The molecule has 3 heterocycles. The van der Waals surface area contributed by atoms with Crippen molar-refractivity contribution in [3.8, 4) is 22.4 Å². The monoisotopic (exact) mass is 588 g/mol. The third-order valence-electron chi connectivity index (χ3n) is 6.25. The van der Waals surface area contributed by atoms with Gasteiger partial charge in [-0.15, -0.1) is 11.3 Å². The minimum Gasteiger partial charge on any atom is -0.475 e. The van der Waals surface area contributed by atoms with Gasteiger partial charge < -0.3 is 15.4 Å². The van der Waals surface area contributed by atoms with E-state index in [1.807, 2.05) is 54.6 Å². The molecule has 0 aliphatic heterocycles. The predicted octanol–water partition coefficient (Wildman–Crippen LogP) is 6.79. The van der Waals surface area contributed by atoms with E-state index in [1.54, 1.807) is 17.5 Å². The Morgan fingerprint density at radius 3 is 2.24 bits per heavy atom. The number of aromatic nitrogens is 3. The van der Waals surface area contributed by atoms with Crippen molar-refractivity contribution in [3.05, 3.63) is 118 Å². The maximum absolute atomic E-state index is 12.4. The van der Waals surface area contributed by atoms with Crippen LogP contribution in [0.25, 0.3) is 43.5 Å². The Labute approximate surface area is 241 Å². The molecule has 0 amide bonds. The van der Waals surface area contributed by atoms with Crippen LogP contribution < -0.4 is 10.9 Å². The predicted molar refractivity (Wildman–Crippen MR) is 157 cm³/mol. The van der Waals surface area contributed by atoms with Crippen LogP contribution in [0.2, 0.25) is 0 Å². The van der Waals surface area contributed by atoms with Crippen LogP contribution >= 0.6 is 11.3 Å². The van der Waals surface area contributed by atoms with E-state index in [0.717, 1.165) is 46.0 Å². The van der Waals surface area contributed by atoms with E-state index in [4.69, 9.17) is 19.9 Å². The summed E-state index contributed by atoms with van der Waals surface area (Å²) in [6.45, 7) is 1.49. The van der Waals surface area contributed by atoms with Gasteiger partial charge in [0.25, 0.3) is 5.56 Å². The van der Waals surface area contributed by atoms with E-state index < -0.39 is 12.1 Å². The molecule has 7 nitrogen and oxygen atoms in total. The molecule has 0 fully saturated rings. The standard InChI is InChI=1S/C29H22N4OS.C2HF3O2/c34-29-23-16-22(20-6-2-1-3-7-20)28(33-24(23)14-15-31-29)21-12-10-19(11-13-21)17-30-18-27-32-25-8-4-5-9-26(25)35-27;3-2(4,5)1(6)7/h1-16,30H,17-18H2,(H,31,34);(H,6,7). The van der Waals surface area contributed by atoms with Crippen molar-refractivity contribution in [2.24, 2.45) is 0 Å². The van der Waals surface area contributed by atoms with Crippen molar-refractivity contribution in [1.29, 1.82) is 0 Å². The van der Waals surface area contributed by atoms with Crippen LogP contribution in [0.1, 0.15) is 10.6 Å². The van der Waals surface area contributed by atoms with E-state index in [2.05, 4.69) is 46.7 Å². The number of carboxylic acid groups (broad SMARTS) is 1. The number of halogens is 3. The van der Waals surface area contributed by atoms with Crippen LogP contribution in [0.15, 0.2) is 102 Å². The lowest BCUT2D eigenvalue weighted by atomic mass is 9.97. The summed E-state index contributed by atoms with van der Waals surface area (Å²) in [6, 6.07) is 30.5. The van der Waals surface area contributed by atoms with Crippen molar-refractivity contribution in [1.82, 2.24) is 20.3 Å². The number of benzene rings is 3. The fourth-order valence-corrected chi connectivity index (χ4v) is 5.20. The molecule has 3 aromatic carbocycles. The minimum atomic E-state index is -5.08. The average Bonchev–Trinajstić information content (AvgIpc) is 3.40. The van der Waals surface area contributed by atoms with Gasteiger partial charge in [0.2, 0.25) is 0 Å². The fourth-order valence-electron chi connectivity index (χ4n) is 4.26. The highest BCUT2D eigenvalue weighted by Crippen LogP contribution is 2.32. The van der Waals surface area contributed by atoms with E-state index in [-0.39, 0.29) is 5.56 Å². The molecule has 3 aromatic heterocycles. The first-order chi connectivity index (χ1) is 20.2. The summed E-state index contributed by atoms with van der Waals surface area (Å²) in [6.07, 6.45) is -3.44. The van der Waals surface area contributed by atoms with Crippen LogP contribution in [-0.4, -0.2) is 32.2 Å². The van der Waals surface area contributed by atoms with Crippen LogP contribution in [0.5, 0.6) is 0 Å². The second kappa shape index (κ2) is 12.3. The number of nitrogens with one attached hydrogen (secondary N) is 2. The van der Waals surface area contributed by atoms with Crippen LogP contribution in [0.3, 0.4) is 0 Å². The molecule has 0 radical (unpaired) electrons. The number of hydrogen-bond acceptors (Lipinski definition) is 6. The maximum atomic E-state index is 12.4. The highest BCUT2D eigenvalue weighted by atomic mass is 32.1. The number of nitrogens with zero attached hydrogens (tertiary/aromatic N) is 2. The smallest absolute Gasteiger partial charge is 0.475 e. The summed E-state index contributed by atoms with van der Waals surface area (Å²) >= 11 is 1.73. The van der Waals surface area contributed by atoms with Gasteiger partial charge in [-0.1, -0.05) is 66.7 Å². The molecule has 11 heteroatoms. The number of rotatable bonds is 6. The first kappa shape index (κ1) is 28.7. The third-order valence-corrected chi connectivity index (χ3v) is 7.29.